The highest BCUT2D eigenvalue weighted by Gasteiger charge is 2.17. The van der Waals surface area contributed by atoms with Gasteiger partial charge in [-0.05, 0) is 38.1 Å². The lowest BCUT2D eigenvalue weighted by Gasteiger charge is -2.19. The molecule has 14 heavy (non-hydrogen) atoms. The Kier molecular flexibility index (Phi) is 2.89. The Morgan fingerprint density at radius 3 is 2.71 bits per heavy atom. The van der Waals surface area contributed by atoms with Gasteiger partial charge in [0.2, 0.25) is 0 Å². The molecule has 2 rings (SSSR count). The standard InChI is InChI=1S/C11H18N2O/c1-12-6-4-5-10(12)11(14)9-13-7-2-3-8-13/h4-6,11,14H,2-3,7-9H2,1H3. The van der Waals surface area contributed by atoms with Gasteiger partial charge in [-0.3, -0.25) is 0 Å². The van der Waals surface area contributed by atoms with E-state index in [9.17, 15) is 5.11 Å². The summed E-state index contributed by atoms with van der Waals surface area (Å²) in [5, 5.41) is 9.99. The van der Waals surface area contributed by atoms with Crippen LogP contribution in [0.3, 0.4) is 0 Å². The first-order valence-corrected chi connectivity index (χ1v) is 5.29. The van der Waals surface area contributed by atoms with Gasteiger partial charge in [0.25, 0.3) is 0 Å². The highest BCUT2D eigenvalue weighted by molar-refractivity contribution is 5.10. The lowest BCUT2D eigenvalue weighted by atomic mass is 10.2. The molecule has 1 aliphatic heterocycles. The number of β-amino-alcohol motifs (C(OH)–C–C–N with tert-alkyl or cyclic N) is 1. The highest BCUT2D eigenvalue weighted by Crippen LogP contribution is 2.17. The van der Waals surface area contributed by atoms with E-state index in [1.807, 2.05) is 29.9 Å². The van der Waals surface area contributed by atoms with Crippen LogP contribution in [0.25, 0.3) is 0 Å². The van der Waals surface area contributed by atoms with Crippen LogP contribution in [-0.4, -0.2) is 34.2 Å². The molecule has 1 fully saturated rings. The zero-order valence-electron chi connectivity index (χ0n) is 8.69. The van der Waals surface area contributed by atoms with Gasteiger partial charge >= 0.3 is 0 Å². The third kappa shape index (κ3) is 1.99. The predicted octanol–water partition coefficient (Wildman–Crippen LogP) is 1.15. The Morgan fingerprint density at radius 1 is 1.43 bits per heavy atom. The second-order valence-corrected chi connectivity index (χ2v) is 4.07. The van der Waals surface area contributed by atoms with Gasteiger partial charge in [-0.25, -0.2) is 0 Å². The first kappa shape index (κ1) is 9.74. The van der Waals surface area contributed by atoms with Crippen molar-refractivity contribution in [2.24, 2.45) is 7.05 Å². The summed E-state index contributed by atoms with van der Waals surface area (Å²) in [4.78, 5) is 2.33. The summed E-state index contributed by atoms with van der Waals surface area (Å²) >= 11 is 0. The molecule has 2 heterocycles. The molecule has 0 bridgehead atoms. The zero-order chi connectivity index (χ0) is 9.97. The first-order chi connectivity index (χ1) is 6.77. The number of aliphatic hydroxyl groups is 1. The van der Waals surface area contributed by atoms with E-state index < -0.39 is 0 Å². The Morgan fingerprint density at radius 2 is 2.14 bits per heavy atom. The molecular formula is C11H18N2O. The van der Waals surface area contributed by atoms with Crippen molar-refractivity contribution in [3.05, 3.63) is 24.0 Å². The van der Waals surface area contributed by atoms with Crippen LogP contribution in [0.4, 0.5) is 0 Å². The van der Waals surface area contributed by atoms with Crippen LogP contribution in [0.2, 0.25) is 0 Å². The summed E-state index contributed by atoms with van der Waals surface area (Å²) in [7, 11) is 1.97. The van der Waals surface area contributed by atoms with Gasteiger partial charge in [-0.2, -0.15) is 0 Å². The minimum absolute atomic E-state index is 0.340. The molecular weight excluding hydrogens is 176 g/mol. The van der Waals surface area contributed by atoms with Crippen LogP contribution in [0.15, 0.2) is 18.3 Å². The van der Waals surface area contributed by atoms with E-state index in [1.165, 1.54) is 12.8 Å². The molecule has 1 N–H and O–H groups in total. The molecule has 0 spiro atoms. The van der Waals surface area contributed by atoms with Crippen molar-refractivity contribution < 1.29 is 5.11 Å². The Labute approximate surface area is 85.0 Å². The van der Waals surface area contributed by atoms with Crippen molar-refractivity contribution in [3.63, 3.8) is 0 Å². The molecule has 1 aromatic heterocycles. The molecule has 3 heteroatoms. The minimum Gasteiger partial charge on any atom is -0.386 e. The topological polar surface area (TPSA) is 28.4 Å². The van der Waals surface area contributed by atoms with Crippen LogP contribution >= 0.6 is 0 Å². The summed E-state index contributed by atoms with van der Waals surface area (Å²) in [6.45, 7) is 3.06. The summed E-state index contributed by atoms with van der Waals surface area (Å²) in [6, 6.07) is 3.96. The van der Waals surface area contributed by atoms with Crippen LogP contribution in [0.5, 0.6) is 0 Å². The third-order valence-electron chi connectivity index (χ3n) is 2.96. The van der Waals surface area contributed by atoms with E-state index in [2.05, 4.69) is 4.90 Å². The van der Waals surface area contributed by atoms with Gasteiger partial charge in [-0.1, -0.05) is 0 Å². The Balaban J connectivity index is 1.95. The molecule has 1 aromatic rings. The van der Waals surface area contributed by atoms with Crippen LogP contribution in [0, 0.1) is 0 Å². The van der Waals surface area contributed by atoms with Crippen molar-refractivity contribution in [2.75, 3.05) is 19.6 Å². The average Bonchev–Trinajstić information content (AvgIpc) is 2.75. The van der Waals surface area contributed by atoms with E-state index in [0.717, 1.165) is 25.3 Å². The van der Waals surface area contributed by atoms with Crippen LogP contribution in [0.1, 0.15) is 24.6 Å². The monoisotopic (exact) mass is 194 g/mol. The van der Waals surface area contributed by atoms with Gasteiger partial charge in [0.15, 0.2) is 0 Å². The summed E-state index contributed by atoms with van der Waals surface area (Å²) in [5.74, 6) is 0. The fourth-order valence-electron chi connectivity index (χ4n) is 2.12. The number of hydrogen-bond acceptors (Lipinski definition) is 2. The lowest BCUT2D eigenvalue weighted by molar-refractivity contribution is 0.120. The first-order valence-electron chi connectivity index (χ1n) is 5.29. The van der Waals surface area contributed by atoms with Gasteiger partial charge in [-0.15, -0.1) is 0 Å². The van der Waals surface area contributed by atoms with E-state index >= 15 is 0 Å². The minimum atomic E-state index is -0.340. The number of aromatic nitrogens is 1. The molecule has 1 atom stereocenters. The molecule has 0 aromatic carbocycles. The van der Waals surface area contributed by atoms with E-state index in [-0.39, 0.29) is 6.10 Å². The maximum atomic E-state index is 9.99. The molecule has 0 aliphatic carbocycles. The third-order valence-corrected chi connectivity index (χ3v) is 2.96. The van der Waals surface area contributed by atoms with Crippen molar-refractivity contribution in [3.8, 4) is 0 Å². The quantitative estimate of drug-likeness (QED) is 0.782. The van der Waals surface area contributed by atoms with Crippen molar-refractivity contribution >= 4 is 0 Å². The van der Waals surface area contributed by atoms with Crippen molar-refractivity contribution in [1.29, 1.82) is 0 Å². The summed E-state index contributed by atoms with van der Waals surface area (Å²) < 4.78 is 1.99. The number of aliphatic hydroxyl groups excluding tert-OH is 1. The number of rotatable bonds is 3. The smallest absolute Gasteiger partial charge is 0.107 e. The maximum Gasteiger partial charge on any atom is 0.107 e. The van der Waals surface area contributed by atoms with Crippen LogP contribution in [-0.2, 0) is 7.05 Å². The normalized spacial score (nSPS) is 20.1. The highest BCUT2D eigenvalue weighted by atomic mass is 16.3. The van der Waals surface area contributed by atoms with E-state index in [0.29, 0.717) is 0 Å². The van der Waals surface area contributed by atoms with E-state index in [1.54, 1.807) is 0 Å². The second kappa shape index (κ2) is 4.15. The van der Waals surface area contributed by atoms with E-state index in [4.69, 9.17) is 0 Å². The Hall–Kier alpha value is -0.800. The second-order valence-electron chi connectivity index (χ2n) is 4.07. The fraction of sp³-hybridized carbons (Fsp3) is 0.636. The Bertz CT molecular complexity index is 289. The van der Waals surface area contributed by atoms with Crippen molar-refractivity contribution in [2.45, 2.75) is 18.9 Å². The molecule has 0 radical (unpaired) electrons. The van der Waals surface area contributed by atoms with Crippen LogP contribution < -0.4 is 0 Å². The summed E-state index contributed by atoms with van der Waals surface area (Å²) in [5.41, 5.74) is 1.01. The molecule has 0 amide bonds. The van der Waals surface area contributed by atoms with Gasteiger partial charge < -0.3 is 14.6 Å². The molecule has 0 saturated carbocycles. The number of likely N-dealkylation sites (tertiary alicyclic amines) is 1. The SMILES string of the molecule is Cn1cccc1C(O)CN1CCCC1. The molecule has 3 nitrogen and oxygen atoms in total. The zero-order valence-corrected chi connectivity index (χ0v) is 8.69. The number of hydrogen-bond donors (Lipinski definition) is 1. The largest absolute Gasteiger partial charge is 0.386 e. The fourth-order valence-corrected chi connectivity index (χ4v) is 2.12. The predicted molar refractivity (Wildman–Crippen MR) is 56.0 cm³/mol. The number of aryl methyl sites for hydroxylation is 1. The van der Waals surface area contributed by atoms with Gasteiger partial charge in [0, 0.05) is 25.5 Å². The lowest BCUT2D eigenvalue weighted by Crippen LogP contribution is -2.26. The van der Waals surface area contributed by atoms with Crippen molar-refractivity contribution in [1.82, 2.24) is 9.47 Å². The molecule has 1 aliphatic rings. The maximum absolute atomic E-state index is 9.99. The van der Waals surface area contributed by atoms with Gasteiger partial charge in [0.1, 0.15) is 6.10 Å². The summed E-state index contributed by atoms with van der Waals surface area (Å²) in [6.07, 6.45) is 4.19. The molecule has 78 valence electrons. The number of nitrogens with zero attached hydrogens (tertiary/aromatic N) is 2. The molecule has 1 saturated heterocycles. The average molecular weight is 194 g/mol. The van der Waals surface area contributed by atoms with Gasteiger partial charge in [0.05, 0.1) is 0 Å². The molecule has 1 unspecified atom stereocenters.